The quantitative estimate of drug-likeness (QED) is 0.206. The van der Waals surface area contributed by atoms with Crippen molar-refractivity contribution in [3.05, 3.63) is 65.2 Å². The summed E-state index contributed by atoms with van der Waals surface area (Å²) < 4.78 is 0. The standard InChI is InChI=1S/C9H8O2.C9H20.C7H8S.C2H6/c1-7(11)9-4-2-8(6-10)3-5-9;1-4-5-6-7-8-9(2)3;1-6-4-2-3-5-7(6)8;1-2/h2-6H,1H3;9H,4-8H2,1-3H3;2-5,8H,1H3;1-2H3. The number of hydrogen-bond acceptors (Lipinski definition) is 3. The SMILES string of the molecule is CC.CC(=O)c1ccc(C=O)cc1.CCCCCCC(C)C.Cc1ccccc1S. The maximum Gasteiger partial charge on any atom is 0.159 e. The molecule has 0 aliphatic rings. The Bertz CT molecular complexity index is 655. The third kappa shape index (κ3) is 17.0. The van der Waals surface area contributed by atoms with Gasteiger partial charge in [0.05, 0.1) is 0 Å². The summed E-state index contributed by atoms with van der Waals surface area (Å²) in [6.07, 6.45) is 7.83. The van der Waals surface area contributed by atoms with E-state index in [1.807, 2.05) is 45.0 Å². The van der Waals surface area contributed by atoms with Crippen LogP contribution < -0.4 is 0 Å². The van der Waals surface area contributed by atoms with Crippen LogP contribution >= 0.6 is 12.6 Å². The summed E-state index contributed by atoms with van der Waals surface area (Å²) in [6.45, 7) is 14.4. The smallest absolute Gasteiger partial charge is 0.159 e. The monoisotopic (exact) mass is 430 g/mol. The maximum absolute atomic E-state index is 10.8. The third-order valence-electron chi connectivity index (χ3n) is 4.20. The summed E-state index contributed by atoms with van der Waals surface area (Å²) in [5, 5.41) is 0. The molecule has 0 N–H and O–H groups in total. The molecular formula is C27H42O2S. The molecule has 0 aliphatic carbocycles. The highest BCUT2D eigenvalue weighted by atomic mass is 32.1. The predicted octanol–water partition coefficient (Wildman–Crippen LogP) is 8.62. The lowest BCUT2D eigenvalue weighted by Gasteiger charge is -2.01. The number of benzene rings is 2. The highest BCUT2D eigenvalue weighted by Gasteiger charge is 1.96. The van der Waals surface area contributed by atoms with Crippen molar-refractivity contribution in [2.45, 2.75) is 85.5 Å². The summed E-state index contributed by atoms with van der Waals surface area (Å²) >= 11 is 4.20. The van der Waals surface area contributed by atoms with Crippen LogP contribution in [0.25, 0.3) is 0 Å². The average molecular weight is 431 g/mol. The minimum Gasteiger partial charge on any atom is -0.298 e. The normalized spacial score (nSPS) is 9.23. The van der Waals surface area contributed by atoms with Crippen molar-refractivity contribution in [1.82, 2.24) is 0 Å². The lowest BCUT2D eigenvalue weighted by Crippen LogP contribution is -1.91. The van der Waals surface area contributed by atoms with Gasteiger partial charge in [0.15, 0.2) is 5.78 Å². The van der Waals surface area contributed by atoms with E-state index in [9.17, 15) is 9.59 Å². The molecule has 0 spiro atoms. The van der Waals surface area contributed by atoms with E-state index in [1.54, 1.807) is 24.3 Å². The Morgan fingerprint density at radius 1 is 0.967 bits per heavy atom. The van der Waals surface area contributed by atoms with Gasteiger partial charge >= 0.3 is 0 Å². The lowest BCUT2D eigenvalue weighted by molar-refractivity contribution is 0.101. The van der Waals surface area contributed by atoms with Gasteiger partial charge in [-0.1, -0.05) is 109 Å². The molecule has 2 rings (SSSR count). The van der Waals surface area contributed by atoms with Gasteiger partial charge in [0.25, 0.3) is 0 Å². The first kappa shape index (κ1) is 30.3. The molecule has 0 radical (unpaired) electrons. The van der Waals surface area contributed by atoms with Gasteiger partial charge < -0.3 is 0 Å². The summed E-state index contributed by atoms with van der Waals surface area (Å²) in [6, 6.07) is 14.6. The molecule has 0 amide bonds. The van der Waals surface area contributed by atoms with Crippen LogP contribution in [0, 0.1) is 12.8 Å². The number of aryl methyl sites for hydroxylation is 1. The van der Waals surface area contributed by atoms with Crippen molar-refractivity contribution in [1.29, 1.82) is 0 Å². The second-order valence-electron chi connectivity index (χ2n) is 7.33. The zero-order valence-electron chi connectivity index (χ0n) is 20.1. The molecule has 168 valence electrons. The number of thiol groups is 1. The Hall–Kier alpha value is -1.87. The summed E-state index contributed by atoms with van der Waals surface area (Å²) in [4.78, 5) is 22.0. The first-order valence-corrected chi connectivity index (χ1v) is 11.6. The largest absolute Gasteiger partial charge is 0.298 e. The van der Waals surface area contributed by atoms with E-state index in [1.165, 1.54) is 44.6 Å². The molecule has 0 saturated heterocycles. The minimum absolute atomic E-state index is 0.0162. The van der Waals surface area contributed by atoms with Crippen LogP contribution in [-0.4, -0.2) is 12.1 Å². The van der Waals surface area contributed by atoms with Crippen molar-refractivity contribution in [3.8, 4) is 0 Å². The van der Waals surface area contributed by atoms with Crippen LogP contribution in [0.15, 0.2) is 53.4 Å². The highest BCUT2D eigenvalue weighted by Crippen LogP contribution is 2.10. The molecule has 3 heteroatoms. The van der Waals surface area contributed by atoms with E-state index in [4.69, 9.17) is 0 Å². The highest BCUT2D eigenvalue weighted by molar-refractivity contribution is 7.80. The first-order valence-electron chi connectivity index (χ1n) is 11.1. The van der Waals surface area contributed by atoms with Crippen LogP contribution in [0.5, 0.6) is 0 Å². The van der Waals surface area contributed by atoms with Crippen LogP contribution in [0.3, 0.4) is 0 Å². The molecule has 0 saturated carbocycles. The van der Waals surface area contributed by atoms with Gasteiger partial charge in [0.2, 0.25) is 0 Å². The van der Waals surface area contributed by atoms with Gasteiger partial charge in [-0.15, -0.1) is 12.6 Å². The molecule has 0 bridgehead atoms. The predicted molar refractivity (Wildman–Crippen MR) is 135 cm³/mol. The number of aldehydes is 1. The fraction of sp³-hybridized carbons (Fsp3) is 0.481. The molecule has 0 aromatic heterocycles. The number of unbranched alkanes of at least 4 members (excludes halogenated alkanes) is 3. The fourth-order valence-electron chi connectivity index (χ4n) is 2.34. The second kappa shape index (κ2) is 20.4. The summed E-state index contributed by atoms with van der Waals surface area (Å²) in [5.41, 5.74) is 2.46. The van der Waals surface area contributed by atoms with Gasteiger partial charge in [-0.2, -0.15) is 0 Å². The van der Waals surface area contributed by atoms with Crippen molar-refractivity contribution < 1.29 is 9.59 Å². The molecule has 0 unspecified atom stereocenters. The third-order valence-corrected chi connectivity index (χ3v) is 4.71. The Balaban J connectivity index is 0. The Morgan fingerprint density at radius 3 is 1.90 bits per heavy atom. The van der Waals surface area contributed by atoms with Crippen LogP contribution in [0.4, 0.5) is 0 Å². The number of rotatable bonds is 7. The van der Waals surface area contributed by atoms with E-state index in [0.29, 0.717) is 11.1 Å². The average Bonchev–Trinajstić information content (AvgIpc) is 2.75. The van der Waals surface area contributed by atoms with Crippen LogP contribution in [0.2, 0.25) is 0 Å². The van der Waals surface area contributed by atoms with Gasteiger partial charge in [-0.05, 0) is 31.4 Å². The van der Waals surface area contributed by atoms with E-state index < -0.39 is 0 Å². The van der Waals surface area contributed by atoms with E-state index in [0.717, 1.165) is 17.1 Å². The van der Waals surface area contributed by atoms with Crippen molar-refractivity contribution in [2.75, 3.05) is 0 Å². The van der Waals surface area contributed by atoms with Crippen molar-refractivity contribution >= 4 is 24.7 Å². The zero-order valence-corrected chi connectivity index (χ0v) is 21.0. The van der Waals surface area contributed by atoms with Gasteiger partial charge in [-0.3, -0.25) is 9.59 Å². The summed E-state index contributed by atoms with van der Waals surface area (Å²) in [7, 11) is 0. The van der Waals surface area contributed by atoms with Crippen molar-refractivity contribution in [2.24, 2.45) is 5.92 Å². The zero-order chi connectivity index (χ0) is 23.4. The van der Waals surface area contributed by atoms with E-state index in [-0.39, 0.29) is 5.78 Å². The topological polar surface area (TPSA) is 34.1 Å². The van der Waals surface area contributed by atoms with Crippen molar-refractivity contribution in [3.63, 3.8) is 0 Å². The first-order chi connectivity index (χ1) is 14.3. The van der Waals surface area contributed by atoms with Gasteiger partial charge in [0.1, 0.15) is 6.29 Å². The number of hydrogen-bond donors (Lipinski definition) is 1. The van der Waals surface area contributed by atoms with E-state index >= 15 is 0 Å². The molecular weight excluding hydrogens is 388 g/mol. The number of carbonyl (C=O) groups is 2. The molecule has 2 nitrogen and oxygen atoms in total. The maximum atomic E-state index is 10.8. The summed E-state index contributed by atoms with van der Waals surface area (Å²) in [5.74, 6) is 0.921. The number of Topliss-reactive ketones (excluding diaryl/α,β-unsaturated/α-hetero) is 1. The Morgan fingerprint density at radius 2 is 1.53 bits per heavy atom. The van der Waals surface area contributed by atoms with Gasteiger partial charge in [0, 0.05) is 16.0 Å². The number of ketones is 1. The molecule has 2 aromatic carbocycles. The number of carbonyl (C=O) groups excluding carboxylic acids is 2. The molecule has 0 heterocycles. The Labute approximate surface area is 190 Å². The molecule has 2 aromatic rings. The second-order valence-corrected chi connectivity index (χ2v) is 7.81. The molecule has 0 atom stereocenters. The van der Waals surface area contributed by atoms with Crippen LogP contribution in [0.1, 0.15) is 99.9 Å². The van der Waals surface area contributed by atoms with E-state index in [2.05, 4.69) is 33.4 Å². The molecule has 0 aliphatic heterocycles. The van der Waals surface area contributed by atoms with Crippen LogP contribution in [-0.2, 0) is 0 Å². The minimum atomic E-state index is 0.0162. The lowest BCUT2D eigenvalue weighted by atomic mass is 10.1. The van der Waals surface area contributed by atoms with Gasteiger partial charge in [-0.25, -0.2) is 0 Å². The molecule has 0 fully saturated rings. The molecule has 30 heavy (non-hydrogen) atoms. The Kier molecular flexibility index (Phi) is 20.6. The fourth-order valence-corrected chi connectivity index (χ4v) is 2.50.